The molecule has 6 nitrogen and oxygen atoms in total. The molecule has 6 heteroatoms. The number of amides is 3. The Balaban J connectivity index is 2.99. The zero-order valence-corrected chi connectivity index (χ0v) is 8.93. The van der Waals surface area contributed by atoms with Gasteiger partial charge in [0, 0.05) is 7.05 Å². The molecule has 1 aliphatic heterocycles. The van der Waals surface area contributed by atoms with E-state index >= 15 is 0 Å². The van der Waals surface area contributed by atoms with Crippen LogP contribution in [0.3, 0.4) is 0 Å². The second kappa shape index (κ2) is 3.88. The number of carboxylic acid groups (broad SMARTS) is 1. The van der Waals surface area contributed by atoms with E-state index in [1.807, 2.05) is 0 Å². The zero-order chi connectivity index (χ0) is 11.7. The highest BCUT2D eigenvalue weighted by atomic mass is 16.4. The summed E-state index contributed by atoms with van der Waals surface area (Å²) in [6.07, 6.45) is 0. The molecule has 84 valence electrons. The normalized spacial score (nSPS) is 18.9. The van der Waals surface area contributed by atoms with Crippen molar-refractivity contribution < 1.29 is 19.5 Å². The summed E-state index contributed by atoms with van der Waals surface area (Å²) in [6, 6.07) is -1.61. The lowest BCUT2D eigenvalue weighted by Gasteiger charge is -2.24. The molecule has 0 aromatic carbocycles. The fraction of sp³-hybridized carbons (Fsp3) is 0.667. The van der Waals surface area contributed by atoms with Gasteiger partial charge in [-0.05, 0) is 5.92 Å². The van der Waals surface area contributed by atoms with Gasteiger partial charge in [0.25, 0.3) is 5.91 Å². The molecule has 0 radical (unpaired) electrons. The molecule has 0 spiro atoms. The van der Waals surface area contributed by atoms with E-state index < -0.39 is 23.9 Å². The minimum absolute atomic E-state index is 0.0463. The van der Waals surface area contributed by atoms with Gasteiger partial charge >= 0.3 is 12.0 Å². The van der Waals surface area contributed by atoms with Gasteiger partial charge in [0.2, 0.25) is 0 Å². The molecule has 1 saturated heterocycles. The van der Waals surface area contributed by atoms with Crippen molar-refractivity contribution in [1.82, 2.24) is 9.80 Å². The maximum Gasteiger partial charge on any atom is 0.327 e. The summed E-state index contributed by atoms with van der Waals surface area (Å²) >= 11 is 0. The monoisotopic (exact) mass is 214 g/mol. The van der Waals surface area contributed by atoms with E-state index in [1.165, 1.54) is 11.9 Å². The number of carbonyl (C=O) groups is 3. The van der Waals surface area contributed by atoms with Crippen LogP contribution in [0, 0.1) is 5.92 Å². The van der Waals surface area contributed by atoms with Crippen molar-refractivity contribution in [3.63, 3.8) is 0 Å². The highest BCUT2D eigenvalue weighted by Gasteiger charge is 2.43. The van der Waals surface area contributed by atoms with Crippen LogP contribution < -0.4 is 0 Å². The first kappa shape index (κ1) is 11.5. The summed E-state index contributed by atoms with van der Waals surface area (Å²) in [7, 11) is 1.47. The fourth-order valence-corrected chi connectivity index (χ4v) is 1.61. The lowest BCUT2D eigenvalue weighted by molar-refractivity contribution is -0.147. The summed E-state index contributed by atoms with van der Waals surface area (Å²) in [6.45, 7) is 3.28. The molecule has 0 aromatic rings. The lowest BCUT2D eigenvalue weighted by Crippen LogP contribution is -2.48. The molecule has 0 aliphatic carbocycles. The largest absolute Gasteiger partial charge is 0.480 e. The first-order valence-electron chi connectivity index (χ1n) is 4.66. The smallest absolute Gasteiger partial charge is 0.327 e. The predicted octanol–water partition coefficient (Wildman–Crippen LogP) is -0.0104. The van der Waals surface area contributed by atoms with Gasteiger partial charge in [0.05, 0.1) is 0 Å². The van der Waals surface area contributed by atoms with Crippen molar-refractivity contribution in [1.29, 1.82) is 0 Å². The maximum atomic E-state index is 11.5. The second-order valence-electron chi connectivity index (χ2n) is 3.93. The van der Waals surface area contributed by atoms with E-state index in [1.54, 1.807) is 13.8 Å². The van der Waals surface area contributed by atoms with E-state index in [2.05, 4.69) is 0 Å². The summed E-state index contributed by atoms with van der Waals surface area (Å²) < 4.78 is 0. The summed E-state index contributed by atoms with van der Waals surface area (Å²) in [4.78, 5) is 36.0. The van der Waals surface area contributed by atoms with Crippen LogP contribution in [-0.2, 0) is 9.59 Å². The van der Waals surface area contributed by atoms with E-state index in [4.69, 9.17) is 5.11 Å². The number of carboxylic acids is 1. The van der Waals surface area contributed by atoms with Crippen LogP contribution in [0.15, 0.2) is 0 Å². The Morgan fingerprint density at radius 1 is 1.40 bits per heavy atom. The minimum atomic E-state index is -1.15. The quantitative estimate of drug-likeness (QED) is 0.670. The van der Waals surface area contributed by atoms with Gasteiger partial charge < -0.3 is 10.0 Å². The van der Waals surface area contributed by atoms with E-state index in [-0.39, 0.29) is 12.5 Å². The number of likely N-dealkylation sites (N-methyl/N-ethyl adjacent to an activating group) is 1. The first-order valence-corrected chi connectivity index (χ1v) is 4.66. The average molecular weight is 214 g/mol. The molecule has 1 atom stereocenters. The molecule has 15 heavy (non-hydrogen) atoms. The van der Waals surface area contributed by atoms with E-state index in [0.29, 0.717) is 0 Å². The molecule has 1 N–H and O–H groups in total. The number of urea groups is 1. The molecular formula is C9H14N2O4. The van der Waals surface area contributed by atoms with Crippen molar-refractivity contribution in [3.05, 3.63) is 0 Å². The van der Waals surface area contributed by atoms with Gasteiger partial charge in [-0.3, -0.25) is 4.79 Å². The molecular weight excluding hydrogens is 200 g/mol. The minimum Gasteiger partial charge on any atom is -0.480 e. The molecule has 1 heterocycles. The van der Waals surface area contributed by atoms with Crippen LogP contribution in [0.1, 0.15) is 13.8 Å². The van der Waals surface area contributed by atoms with Crippen LogP contribution in [-0.4, -0.2) is 52.4 Å². The number of imide groups is 1. The zero-order valence-electron chi connectivity index (χ0n) is 8.93. The molecule has 0 unspecified atom stereocenters. The van der Waals surface area contributed by atoms with Gasteiger partial charge in [0.15, 0.2) is 0 Å². The standard InChI is InChI=1S/C9H14N2O4/c1-5(2)7(8(13)14)11-6(12)4-10(3)9(11)15/h5,7H,4H2,1-3H3,(H,13,14)/t7-/m0/s1. The van der Waals surface area contributed by atoms with Gasteiger partial charge in [-0.25, -0.2) is 14.5 Å². The molecule has 3 amide bonds. The van der Waals surface area contributed by atoms with Crippen LogP contribution in [0.2, 0.25) is 0 Å². The van der Waals surface area contributed by atoms with Crippen molar-refractivity contribution >= 4 is 17.9 Å². The van der Waals surface area contributed by atoms with E-state index in [9.17, 15) is 14.4 Å². The van der Waals surface area contributed by atoms with Gasteiger partial charge in [-0.15, -0.1) is 0 Å². The Bertz CT molecular complexity index is 313. The van der Waals surface area contributed by atoms with E-state index in [0.717, 1.165) is 4.90 Å². The third-order valence-electron chi connectivity index (χ3n) is 2.34. The number of nitrogens with zero attached hydrogens (tertiary/aromatic N) is 2. The highest BCUT2D eigenvalue weighted by Crippen LogP contribution is 2.18. The summed E-state index contributed by atoms with van der Waals surface area (Å²) in [5.41, 5.74) is 0. The number of rotatable bonds is 3. The number of hydrogen-bond donors (Lipinski definition) is 1. The van der Waals surface area contributed by atoms with Gasteiger partial charge in [-0.1, -0.05) is 13.8 Å². The summed E-state index contributed by atoms with van der Waals surface area (Å²) in [5.74, 6) is -1.91. The Kier molecular flexibility index (Phi) is 2.97. The predicted molar refractivity (Wildman–Crippen MR) is 51.1 cm³/mol. The van der Waals surface area contributed by atoms with Crippen molar-refractivity contribution in [2.24, 2.45) is 5.92 Å². The van der Waals surface area contributed by atoms with Crippen LogP contribution in [0.4, 0.5) is 4.79 Å². The molecule has 1 fully saturated rings. The Hall–Kier alpha value is -1.59. The fourth-order valence-electron chi connectivity index (χ4n) is 1.61. The lowest BCUT2D eigenvalue weighted by atomic mass is 10.0. The van der Waals surface area contributed by atoms with Crippen molar-refractivity contribution in [2.45, 2.75) is 19.9 Å². The average Bonchev–Trinajstić information content (AvgIpc) is 2.31. The maximum absolute atomic E-state index is 11.5. The summed E-state index contributed by atoms with van der Waals surface area (Å²) in [5, 5.41) is 8.96. The molecule has 0 aromatic heterocycles. The van der Waals surface area contributed by atoms with Crippen molar-refractivity contribution in [2.75, 3.05) is 13.6 Å². The third-order valence-corrected chi connectivity index (χ3v) is 2.34. The van der Waals surface area contributed by atoms with Gasteiger partial charge in [0.1, 0.15) is 12.6 Å². The van der Waals surface area contributed by atoms with Crippen LogP contribution in [0.25, 0.3) is 0 Å². The third kappa shape index (κ3) is 1.93. The SMILES string of the molecule is CC(C)[C@@H](C(=O)O)N1C(=O)CN(C)C1=O. The van der Waals surface area contributed by atoms with Crippen molar-refractivity contribution in [3.8, 4) is 0 Å². The molecule has 1 rings (SSSR count). The number of aliphatic carboxylic acids is 1. The molecule has 0 saturated carbocycles. The number of carbonyl (C=O) groups excluding carboxylic acids is 2. The topological polar surface area (TPSA) is 77.9 Å². The molecule has 1 aliphatic rings. The Morgan fingerprint density at radius 2 is 1.93 bits per heavy atom. The highest BCUT2D eigenvalue weighted by molar-refractivity contribution is 6.04. The molecule has 0 bridgehead atoms. The second-order valence-corrected chi connectivity index (χ2v) is 3.93. The first-order chi connectivity index (χ1) is 6.86. The van der Waals surface area contributed by atoms with Gasteiger partial charge in [-0.2, -0.15) is 0 Å². The van der Waals surface area contributed by atoms with Crippen LogP contribution in [0.5, 0.6) is 0 Å². The number of hydrogen-bond acceptors (Lipinski definition) is 3. The Morgan fingerprint density at radius 3 is 2.20 bits per heavy atom. The van der Waals surface area contributed by atoms with Crippen LogP contribution >= 0.6 is 0 Å². The Labute approximate surface area is 87.5 Å².